The van der Waals surface area contributed by atoms with Crippen LogP contribution >= 0.6 is 11.8 Å². The second-order valence-corrected chi connectivity index (χ2v) is 6.19. The van der Waals surface area contributed by atoms with Crippen molar-refractivity contribution in [2.24, 2.45) is 0 Å². The van der Waals surface area contributed by atoms with Crippen LogP contribution in [0.4, 0.5) is 4.79 Å². The molecule has 1 fully saturated rings. The van der Waals surface area contributed by atoms with Crippen molar-refractivity contribution < 1.29 is 23.9 Å². The van der Waals surface area contributed by atoms with Crippen molar-refractivity contribution >= 4 is 28.8 Å². The maximum atomic E-state index is 12.1. The zero-order valence-corrected chi connectivity index (χ0v) is 14.7. The molecule has 1 heterocycles. The van der Waals surface area contributed by atoms with Crippen LogP contribution < -0.4 is 14.8 Å². The fourth-order valence-electron chi connectivity index (χ4n) is 2.35. The van der Waals surface area contributed by atoms with Crippen molar-refractivity contribution in [1.82, 2.24) is 10.2 Å². The predicted molar refractivity (Wildman–Crippen MR) is 90.6 cm³/mol. The zero-order chi connectivity index (χ0) is 17.7. The zero-order valence-electron chi connectivity index (χ0n) is 13.9. The maximum Gasteiger partial charge on any atom is 0.288 e. The van der Waals surface area contributed by atoms with Crippen molar-refractivity contribution in [2.75, 3.05) is 33.1 Å². The van der Waals surface area contributed by atoms with Crippen LogP contribution in [0.25, 0.3) is 0 Å². The van der Waals surface area contributed by atoms with Gasteiger partial charge in [-0.3, -0.25) is 19.3 Å². The third-order valence-electron chi connectivity index (χ3n) is 3.69. The minimum atomic E-state index is -0.259. The molecule has 0 saturated carbocycles. The van der Waals surface area contributed by atoms with Gasteiger partial charge >= 0.3 is 0 Å². The van der Waals surface area contributed by atoms with E-state index in [-0.39, 0.29) is 42.3 Å². The number of thioether (sulfide) groups is 1. The van der Waals surface area contributed by atoms with Crippen molar-refractivity contribution in [2.45, 2.75) is 13.3 Å². The van der Waals surface area contributed by atoms with Crippen LogP contribution in [0.1, 0.15) is 11.1 Å². The maximum absolute atomic E-state index is 12.1. The predicted octanol–water partition coefficient (Wildman–Crippen LogP) is 1.37. The second-order valence-electron chi connectivity index (χ2n) is 5.26. The molecule has 0 aliphatic carbocycles. The fraction of sp³-hybridized carbons (Fsp3) is 0.438. The highest BCUT2D eigenvalue weighted by molar-refractivity contribution is 8.14. The first-order chi connectivity index (χ1) is 11.5. The van der Waals surface area contributed by atoms with Gasteiger partial charge in [0.1, 0.15) is 0 Å². The number of rotatable bonds is 7. The third kappa shape index (κ3) is 4.19. The van der Waals surface area contributed by atoms with Crippen LogP contribution in [0.5, 0.6) is 11.5 Å². The Kier molecular flexibility index (Phi) is 6.08. The molecular weight excluding hydrogens is 332 g/mol. The first-order valence-corrected chi connectivity index (χ1v) is 8.40. The lowest BCUT2D eigenvalue weighted by Crippen LogP contribution is -2.38. The SMILES string of the molecule is COc1cc(C)c(CC(=O)NCCN2C(=O)CSC2=O)cc1OC. The summed E-state index contributed by atoms with van der Waals surface area (Å²) >= 11 is 0.983. The number of ether oxygens (including phenoxy) is 2. The fourth-order valence-corrected chi connectivity index (χ4v) is 3.10. The number of nitrogens with zero attached hydrogens (tertiary/aromatic N) is 1. The van der Waals surface area contributed by atoms with Gasteiger partial charge in [0.25, 0.3) is 5.24 Å². The van der Waals surface area contributed by atoms with E-state index < -0.39 is 0 Å². The summed E-state index contributed by atoms with van der Waals surface area (Å²) in [5.41, 5.74) is 1.75. The molecule has 1 saturated heterocycles. The number of carbonyl (C=O) groups excluding carboxylic acids is 3. The van der Waals surface area contributed by atoms with E-state index in [1.165, 1.54) is 0 Å². The van der Waals surface area contributed by atoms with E-state index in [1.807, 2.05) is 13.0 Å². The molecular formula is C16H20N2O5S. The van der Waals surface area contributed by atoms with E-state index in [0.717, 1.165) is 27.8 Å². The molecule has 7 nitrogen and oxygen atoms in total. The summed E-state index contributed by atoms with van der Waals surface area (Å²) < 4.78 is 10.5. The lowest BCUT2D eigenvalue weighted by Gasteiger charge is -2.14. The summed E-state index contributed by atoms with van der Waals surface area (Å²) in [4.78, 5) is 36.2. The van der Waals surface area contributed by atoms with Crippen LogP contribution in [0.3, 0.4) is 0 Å². The number of imide groups is 1. The second kappa shape index (κ2) is 8.05. The van der Waals surface area contributed by atoms with Crippen LogP contribution in [-0.2, 0) is 16.0 Å². The van der Waals surface area contributed by atoms with Crippen molar-refractivity contribution in [1.29, 1.82) is 0 Å². The Morgan fingerprint density at radius 3 is 2.50 bits per heavy atom. The Balaban J connectivity index is 1.90. The van der Waals surface area contributed by atoms with Gasteiger partial charge in [-0.15, -0.1) is 0 Å². The first-order valence-electron chi connectivity index (χ1n) is 7.41. The summed E-state index contributed by atoms with van der Waals surface area (Å²) in [6.07, 6.45) is 0.183. The smallest absolute Gasteiger partial charge is 0.288 e. The highest BCUT2D eigenvalue weighted by atomic mass is 32.2. The Bertz CT molecular complexity index is 646. The van der Waals surface area contributed by atoms with Crippen LogP contribution in [-0.4, -0.2) is 55.0 Å². The summed E-state index contributed by atoms with van der Waals surface area (Å²) in [6.45, 7) is 2.33. The molecule has 1 aliphatic heterocycles. The Hall–Kier alpha value is -2.22. The monoisotopic (exact) mass is 352 g/mol. The summed E-state index contributed by atoms with van der Waals surface area (Å²) in [6, 6.07) is 3.60. The molecule has 0 atom stereocenters. The number of amides is 3. The number of nitrogens with one attached hydrogen (secondary N) is 1. The minimum Gasteiger partial charge on any atom is -0.493 e. The summed E-state index contributed by atoms with van der Waals surface area (Å²) in [5, 5.41) is 2.47. The molecule has 2 rings (SSSR count). The van der Waals surface area contributed by atoms with Gasteiger partial charge in [0.15, 0.2) is 11.5 Å². The number of methoxy groups -OCH3 is 2. The van der Waals surface area contributed by atoms with Crippen LogP contribution in [0, 0.1) is 6.92 Å². The van der Waals surface area contributed by atoms with Crippen LogP contribution in [0.15, 0.2) is 12.1 Å². The molecule has 0 radical (unpaired) electrons. The number of benzene rings is 1. The molecule has 0 aromatic heterocycles. The molecule has 1 aliphatic rings. The van der Waals surface area contributed by atoms with Gasteiger partial charge in [-0.25, -0.2) is 0 Å². The highest BCUT2D eigenvalue weighted by Gasteiger charge is 2.29. The quantitative estimate of drug-likeness (QED) is 0.798. The van der Waals surface area contributed by atoms with Gasteiger partial charge in [0.2, 0.25) is 11.8 Å². The Morgan fingerprint density at radius 2 is 1.92 bits per heavy atom. The summed E-state index contributed by atoms with van der Waals surface area (Å²) in [7, 11) is 3.10. The number of carbonyl (C=O) groups is 3. The van der Waals surface area contributed by atoms with Gasteiger partial charge in [-0.05, 0) is 30.2 Å². The lowest BCUT2D eigenvalue weighted by atomic mass is 10.0. The molecule has 1 aromatic carbocycles. The van der Waals surface area contributed by atoms with Crippen molar-refractivity contribution in [3.63, 3.8) is 0 Å². The molecule has 0 unspecified atom stereocenters. The number of hydrogen-bond donors (Lipinski definition) is 1. The topological polar surface area (TPSA) is 84.9 Å². The molecule has 3 amide bonds. The average Bonchev–Trinajstić information content (AvgIpc) is 2.88. The van der Waals surface area contributed by atoms with E-state index >= 15 is 0 Å². The lowest BCUT2D eigenvalue weighted by molar-refractivity contribution is -0.125. The number of hydrogen-bond acceptors (Lipinski definition) is 6. The van der Waals surface area contributed by atoms with E-state index in [9.17, 15) is 14.4 Å². The van der Waals surface area contributed by atoms with Crippen LogP contribution in [0.2, 0.25) is 0 Å². The first kappa shape index (κ1) is 18.1. The van der Waals surface area contributed by atoms with E-state index in [4.69, 9.17) is 9.47 Å². The minimum absolute atomic E-state index is 0.178. The van der Waals surface area contributed by atoms with Gasteiger partial charge in [-0.1, -0.05) is 11.8 Å². The number of aryl methyl sites for hydroxylation is 1. The van der Waals surface area contributed by atoms with Gasteiger partial charge in [0, 0.05) is 13.1 Å². The average molecular weight is 352 g/mol. The molecule has 8 heteroatoms. The third-order valence-corrected chi connectivity index (χ3v) is 4.55. The Morgan fingerprint density at radius 1 is 1.25 bits per heavy atom. The Labute approximate surface area is 144 Å². The van der Waals surface area contributed by atoms with Gasteiger partial charge < -0.3 is 14.8 Å². The molecule has 0 spiro atoms. The largest absolute Gasteiger partial charge is 0.493 e. The summed E-state index contributed by atoms with van der Waals surface area (Å²) in [5.74, 6) is 0.961. The molecule has 130 valence electrons. The molecule has 0 bridgehead atoms. The standard InChI is InChI=1S/C16H20N2O5S/c1-10-6-12(22-2)13(23-3)7-11(10)8-14(19)17-4-5-18-15(20)9-24-16(18)21/h6-7H,4-5,8-9H2,1-3H3,(H,17,19). The van der Waals surface area contributed by atoms with E-state index in [0.29, 0.717) is 11.5 Å². The van der Waals surface area contributed by atoms with Crippen molar-refractivity contribution in [3.8, 4) is 11.5 Å². The molecule has 24 heavy (non-hydrogen) atoms. The van der Waals surface area contributed by atoms with Gasteiger partial charge in [0.05, 0.1) is 26.4 Å². The van der Waals surface area contributed by atoms with Gasteiger partial charge in [-0.2, -0.15) is 0 Å². The van der Waals surface area contributed by atoms with Crippen molar-refractivity contribution in [3.05, 3.63) is 23.3 Å². The van der Waals surface area contributed by atoms with E-state index in [2.05, 4.69) is 5.32 Å². The normalized spacial score (nSPS) is 14.0. The molecule has 1 aromatic rings. The van der Waals surface area contributed by atoms with E-state index in [1.54, 1.807) is 20.3 Å². The molecule has 1 N–H and O–H groups in total. The highest BCUT2D eigenvalue weighted by Crippen LogP contribution is 2.30.